The number of piperazine rings is 1. The van der Waals surface area contributed by atoms with Crippen molar-refractivity contribution in [2.45, 2.75) is 112 Å². The van der Waals surface area contributed by atoms with Crippen LogP contribution in [0, 0.1) is 12.7 Å². The van der Waals surface area contributed by atoms with Crippen LogP contribution < -0.4 is 52.9 Å². The normalized spacial score (nSPS) is 16.6. The second-order valence-corrected chi connectivity index (χ2v) is 46.1. The number of thiophene rings is 2. The third kappa shape index (κ3) is 22.8. The van der Waals surface area contributed by atoms with Crippen LogP contribution in [0.15, 0.2) is 255 Å². The zero-order valence-electron chi connectivity index (χ0n) is 77.9. The number of thioether (sulfide) groups is 1. The van der Waals surface area contributed by atoms with E-state index in [0.717, 1.165) is 137 Å². The number of likely N-dealkylation sites (N-methyl/N-ethyl adjacent to an activating group) is 1. The van der Waals surface area contributed by atoms with Crippen molar-refractivity contribution in [3.63, 3.8) is 0 Å². The molecule has 4 aromatic carbocycles. The van der Waals surface area contributed by atoms with E-state index in [1.165, 1.54) is 74.2 Å². The average Bonchev–Trinajstić information content (AvgIpc) is 1.23. The number of aryl methyl sites for hydroxylation is 1. The summed E-state index contributed by atoms with van der Waals surface area (Å²) in [4.78, 5) is 97.1. The van der Waals surface area contributed by atoms with Crippen LogP contribution in [0.2, 0.25) is 0 Å². The second kappa shape index (κ2) is 43.8. The molecule has 724 valence electrons. The van der Waals surface area contributed by atoms with E-state index in [1.54, 1.807) is 76.8 Å². The molecular weight excluding hydrogens is 1930 g/mol. The highest BCUT2D eigenvalue weighted by Crippen LogP contribution is 2.39. The number of piperidine rings is 2. The maximum Gasteiger partial charge on any atom is 0.276 e. The van der Waals surface area contributed by atoms with Gasteiger partial charge in [0.1, 0.15) is 48.7 Å². The second-order valence-electron chi connectivity index (χ2n) is 35.1. The molecule has 0 bridgehead atoms. The van der Waals surface area contributed by atoms with Gasteiger partial charge < -0.3 is 50.9 Å². The Labute approximate surface area is 831 Å². The van der Waals surface area contributed by atoms with Gasteiger partial charge in [0.15, 0.2) is 9.84 Å². The van der Waals surface area contributed by atoms with Gasteiger partial charge in [0.2, 0.25) is 27.7 Å². The Kier molecular flexibility index (Phi) is 30.6. The average molecular weight is 2040 g/mol. The highest BCUT2D eigenvalue weighted by molar-refractivity contribution is 7.99. The van der Waals surface area contributed by atoms with Crippen LogP contribution in [0.4, 0.5) is 56.4 Å². The molecule has 4 aliphatic heterocycles. The minimum absolute atomic E-state index is 0.0113. The first-order valence-electron chi connectivity index (χ1n) is 45.8. The number of halogens is 1. The van der Waals surface area contributed by atoms with Gasteiger partial charge in [0.05, 0.1) is 80.3 Å². The molecule has 0 spiro atoms. The fraction of sp³-hybridized carbons (Fsp3) is 0.303. The van der Waals surface area contributed by atoms with E-state index in [9.17, 15) is 35.4 Å². The lowest BCUT2D eigenvalue weighted by Gasteiger charge is -2.33. The van der Waals surface area contributed by atoms with Gasteiger partial charge in [-0.2, -0.15) is 31.1 Å². The lowest BCUT2D eigenvalue weighted by molar-refractivity contribution is 0.114. The topological polar surface area (TPSA) is 366 Å². The minimum atomic E-state index is -3.91. The fourth-order valence-corrected chi connectivity index (χ4v) is 27.1. The van der Waals surface area contributed by atoms with E-state index >= 15 is 4.39 Å². The Morgan fingerprint density at radius 1 is 0.593 bits per heavy atom. The number of fused-ring (bicyclic) bond motifs is 3. The summed E-state index contributed by atoms with van der Waals surface area (Å²) in [5.74, 6) is 2.42. The minimum Gasteiger partial charge on any atom is -0.490 e. The molecule has 0 saturated carbocycles. The molecule has 0 amide bonds. The molecule has 4 saturated heterocycles. The van der Waals surface area contributed by atoms with Gasteiger partial charge >= 0.3 is 0 Å². The fourth-order valence-electron chi connectivity index (χ4n) is 17.4. The van der Waals surface area contributed by atoms with Crippen molar-refractivity contribution in [3.8, 4) is 17.0 Å². The smallest absolute Gasteiger partial charge is 0.276 e. The monoisotopic (exact) mass is 2030 g/mol. The number of aromatic nitrogens is 13. The molecule has 0 aliphatic carbocycles. The Bertz CT molecular complexity index is 7580. The van der Waals surface area contributed by atoms with Crippen molar-refractivity contribution in [2.75, 3.05) is 132 Å². The van der Waals surface area contributed by atoms with Crippen molar-refractivity contribution in [3.05, 3.63) is 286 Å². The first kappa shape index (κ1) is 97.8. The summed E-state index contributed by atoms with van der Waals surface area (Å²) in [5.41, 5.74) is 9.64. The molecule has 140 heavy (non-hydrogen) atoms. The first-order chi connectivity index (χ1) is 67.8. The molecule has 4 atom stereocenters. The molecule has 20 rings (SSSR count). The number of nitrogens with one attached hydrogen (secondary N) is 5. The van der Waals surface area contributed by atoms with Gasteiger partial charge in [0.25, 0.3) is 16.7 Å². The molecular formula is C99H104FN23O9S8. The molecule has 16 heterocycles. The summed E-state index contributed by atoms with van der Waals surface area (Å²) < 4.78 is 98.0. The Hall–Kier alpha value is -12.4. The lowest BCUT2D eigenvalue weighted by Crippen LogP contribution is -2.49. The van der Waals surface area contributed by atoms with Gasteiger partial charge in [0, 0.05) is 183 Å². The van der Waals surface area contributed by atoms with E-state index in [0.29, 0.717) is 120 Å². The van der Waals surface area contributed by atoms with Gasteiger partial charge in [-0.05, 0) is 230 Å². The van der Waals surface area contributed by atoms with Gasteiger partial charge in [-0.25, -0.2) is 45.4 Å². The lowest BCUT2D eigenvalue weighted by atomic mass is 9.96. The van der Waals surface area contributed by atoms with Gasteiger partial charge in [-0.1, -0.05) is 36.8 Å². The molecule has 41 heteroatoms. The number of rotatable bonds is 28. The van der Waals surface area contributed by atoms with Crippen molar-refractivity contribution in [2.24, 2.45) is 0 Å². The summed E-state index contributed by atoms with van der Waals surface area (Å²) in [6.45, 7) is 11.9. The number of benzene rings is 4. The number of thiazole rings is 1. The molecule has 4 fully saturated rings. The number of hydrogen-bond acceptors (Lipinski definition) is 34. The summed E-state index contributed by atoms with van der Waals surface area (Å²) in [5, 5.41) is 22.3. The van der Waals surface area contributed by atoms with E-state index in [-0.39, 0.29) is 85.3 Å². The molecule has 12 aromatic heterocycles. The Morgan fingerprint density at radius 2 is 1.26 bits per heavy atom. The van der Waals surface area contributed by atoms with Crippen molar-refractivity contribution in [1.29, 1.82) is 0 Å². The third-order valence-electron chi connectivity index (χ3n) is 24.8. The molecule has 5 N–H and O–H groups in total. The number of anilines is 9. The highest BCUT2D eigenvalue weighted by atomic mass is 32.2. The number of sulfone groups is 2. The van der Waals surface area contributed by atoms with Crippen LogP contribution >= 0.6 is 57.3 Å². The van der Waals surface area contributed by atoms with E-state index in [1.807, 2.05) is 134 Å². The maximum absolute atomic E-state index is 15.3. The molecule has 4 aliphatic rings. The summed E-state index contributed by atoms with van der Waals surface area (Å²) in [6, 6.07) is 46.0. The van der Waals surface area contributed by atoms with Gasteiger partial charge in [-0.3, -0.25) is 43.0 Å². The van der Waals surface area contributed by atoms with Crippen molar-refractivity contribution >= 4 is 173 Å². The highest BCUT2D eigenvalue weighted by Gasteiger charge is 2.32. The first-order valence-corrected chi connectivity index (χ1v) is 54.5. The predicted molar refractivity (Wildman–Crippen MR) is 556 cm³/mol. The van der Waals surface area contributed by atoms with Crippen LogP contribution in [0.3, 0.4) is 0 Å². The standard InChI is InChI=1S/C33H36FN9O3S2.C33H38N8O4S2.C33H30N6O2S4/c1-21-19-42(14-12-36-21)29-7-6-24(16-27(29)34)39-33-37-17-22-15-26(28-5-3-4-13-41(28)2)31(44)43(30(22)40-33)20-23-18-38-47-32(23)48(45,46)25-8-10-35-11-9-25;1-39(2)16-18-47(43,44)32-23(12-17-46-32)22-41-30-24(19-29(31(41)42)36-26-5-4-13-34-21-26)20-35-33(38-30)37-25-6-8-27(9-7-25)45-28-10-14-40(3)15-11-28;1-21-30(35-20-44-21)26-16-23-17-34-33(36-24-10-8-22(9-11-24)27-18-38(2)13-15-43-27)37-31(23)39(32(26)40)19-28-29(12-14-42-28)45(41)25-6-4-3-5-7-25/h6-11,15-18,21,28,36H,3-5,12-14,19-20H2,1-2H3,(H,37,39,40);4-9,12-13,17,19-21,28,36H,10-11,14-16,18,22H2,1-3H3,(H,35,37,38);3-12,14,16-17,20,27H,13,15,18-19H2,1-2H3,(H,34,36,37). The summed E-state index contributed by atoms with van der Waals surface area (Å²) in [7, 11) is 1.11. The number of nitrogens with zero attached hydrogens (tertiary/aromatic N) is 18. The maximum atomic E-state index is 15.3. The Balaban J connectivity index is 0.000000139. The number of likely N-dealkylation sites (tertiary alicyclic amines) is 2. The number of pyridine rings is 5. The Morgan fingerprint density at radius 3 is 1.92 bits per heavy atom. The number of hydrogen-bond donors (Lipinski definition) is 5. The molecule has 32 nitrogen and oxygen atoms in total. The zero-order valence-corrected chi connectivity index (χ0v) is 84.4. The van der Waals surface area contributed by atoms with E-state index in [2.05, 4.69) is 121 Å². The van der Waals surface area contributed by atoms with Crippen LogP contribution in [-0.2, 0) is 50.1 Å². The molecule has 0 radical (unpaired) electrons. The SMILES string of the molecule is CC1CN(c2ccc(Nc3ncc4cc(C5CCCCN5C)c(=O)n(Cc5cnsc5S(=O)(=O)c5ccncc5)c4n3)cc2F)CCN1.CN(C)CCS(=O)(=O)c1sccc1Cn1c(=O)c(Nc2cccnc2)cc2cnc(Nc3ccc(OC4CCN(C)CC4)cc3)nc21.Cc1scnc1-c1cc2cnc(Nc3ccc(C4CN(C)CCS4)cc3)nc2n(Cc2sccc2S(=O)c2ccccc2)c1=O. The zero-order chi connectivity index (χ0) is 97.3. The molecule has 16 aromatic rings. The number of ether oxygens (including phenoxy) is 1. The van der Waals surface area contributed by atoms with Crippen molar-refractivity contribution in [1.82, 2.24) is 87.8 Å². The van der Waals surface area contributed by atoms with Crippen LogP contribution in [-0.4, -0.2) is 221 Å². The largest absolute Gasteiger partial charge is 0.490 e. The van der Waals surface area contributed by atoms with E-state index < -0.39 is 30.5 Å². The molecule has 4 unspecified atom stereocenters. The van der Waals surface area contributed by atoms with Gasteiger partial charge in [-0.15, -0.1) is 34.0 Å². The van der Waals surface area contributed by atoms with Crippen LogP contribution in [0.5, 0.6) is 5.75 Å². The van der Waals surface area contributed by atoms with Crippen LogP contribution in [0.25, 0.3) is 44.4 Å². The van der Waals surface area contributed by atoms with E-state index in [4.69, 9.17) is 19.7 Å². The quantitative estimate of drug-likeness (QED) is 0.0304. The van der Waals surface area contributed by atoms with Crippen molar-refractivity contribution < 1.29 is 30.2 Å². The summed E-state index contributed by atoms with van der Waals surface area (Å²) in [6.07, 6.45) is 17.7. The predicted octanol–water partition coefficient (Wildman–Crippen LogP) is 15.9. The summed E-state index contributed by atoms with van der Waals surface area (Å²) >= 11 is 7.00. The van der Waals surface area contributed by atoms with Crippen LogP contribution in [0.1, 0.15) is 82.3 Å². The third-order valence-corrected chi connectivity index (χ3v) is 35.8.